The largest absolute Gasteiger partial charge is 0.465 e. The fourth-order valence-corrected chi connectivity index (χ4v) is 3.93. The second-order valence-electron chi connectivity index (χ2n) is 7.30. The molecule has 1 saturated heterocycles. The minimum Gasteiger partial charge on any atom is -0.465 e. The number of rotatable bonds is 5. The number of nitrogens with zero attached hydrogens (tertiary/aromatic N) is 2. The average Bonchev–Trinajstić information content (AvgIpc) is 3.31. The standard InChI is InChI=1S/C21H28N4O2.HI/c1-15-5-8-20(27-15)19(25-9-11-26-12-10-25)14-23-21(22)24-18-7-6-16-3-2-4-17(16)13-18;/h5-8,13,19H,2-4,9-12,14H2,1H3,(H3,22,23,24);1H. The minimum atomic E-state index is 0. The molecule has 6 nitrogen and oxygen atoms in total. The first-order valence-corrected chi connectivity index (χ1v) is 9.76. The van der Waals surface area contributed by atoms with Crippen molar-refractivity contribution in [2.24, 2.45) is 10.7 Å². The van der Waals surface area contributed by atoms with Gasteiger partial charge in [0, 0.05) is 18.8 Å². The van der Waals surface area contributed by atoms with Gasteiger partial charge in [0.1, 0.15) is 11.5 Å². The van der Waals surface area contributed by atoms with Gasteiger partial charge in [-0.15, -0.1) is 24.0 Å². The summed E-state index contributed by atoms with van der Waals surface area (Å²) in [6, 6.07) is 10.6. The van der Waals surface area contributed by atoms with Crippen molar-refractivity contribution in [3.63, 3.8) is 0 Å². The third-order valence-corrected chi connectivity index (χ3v) is 5.38. The highest BCUT2D eigenvalue weighted by molar-refractivity contribution is 14.0. The van der Waals surface area contributed by atoms with Crippen molar-refractivity contribution in [2.75, 3.05) is 38.2 Å². The van der Waals surface area contributed by atoms with Gasteiger partial charge in [-0.2, -0.15) is 0 Å². The number of guanidine groups is 1. The Balaban J connectivity index is 0.00000225. The highest BCUT2D eigenvalue weighted by Gasteiger charge is 2.25. The van der Waals surface area contributed by atoms with E-state index >= 15 is 0 Å². The third-order valence-electron chi connectivity index (χ3n) is 5.38. The molecular weight excluding hydrogens is 467 g/mol. The molecule has 0 bridgehead atoms. The quantitative estimate of drug-likeness (QED) is 0.377. The topological polar surface area (TPSA) is 76.0 Å². The number of ether oxygens (including phenoxy) is 1. The number of fused-ring (bicyclic) bond motifs is 1. The van der Waals surface area contributed by atoms with Crippen molar-refractivity contribution in [1.29, 1.82) is 0 Å². The second kappa shape index (κ2) is 9.76. The Labute approximate surface area is 183 Å². The molecule has 1 aliphatic carbocycles. The van der Waals surface area contributed by atoms with Crippen molar-refractivity contribution in [2.45, 2.75) is 32.2 Å². The zero-order valence-electron chi connectivity index (χ0n) is 16.3. The normalized spacial score (nSPS) is 18.4. The first-order valence-electron chi connectivity index (χ1n) is 9.76. The fourth-order valence-electron chi connectivity index (χ4n) is 3.93. The number of morpholine rings is 1. The van der Waals surface area contributed by atoms with E-state index in [0.717, 1.165) is 49.9 Å². The van der Waals surface area contributed by atoms with Crippen LogP contribution in [0.4, 0.5) is 5.69 Å². The molecule has 1 fully saturated rings. The van der Waals surface area contributed by atoms with Crippen LogP contribution in [0.25, 0.3) is 0 Å². The molecule has 0 amide bonds. The van der Waals surface area contributed by atoms with Crippen LogP contribution in [0.2, 0.25) is 0 Å². The molecule has 0 radical (unpaired) electrons. The van der Waals surface area contributed by atoms with E-state index in [1.807, 2.05) is 19.1 Å². The van der Waals surface area contributed by atoms with Crippen LogP contribution in [-0.2, 0) is 17.6 Å². The molecule has 1 unspecified atom stereocenters. The molecular formula is C21H29IN4O2. The summed E-state index contributed by atoms with van der Waals surface area (Å²) < 4.78 is 11.4. The Morgan fingerprint density at radius 2 is 1.96 bits per heavy atom. The van der Waals surface area contributed by atoms with Gasteiger partial charge in [0.05, 0.1) is 25.8 Å². The summed E-state index contributed by atoms with van der Waals surface area (Å²) in [6.45, 7) is 5.74. The van der Waals surface area contributed by atoms with E-state index in [-0.39, 0.29) is 30.0 Å². The Bertz CT molecular complexity index is 814. The van der Waals surface area contributed by atoms with E-state index in [4.69, 9.17) is 14.9 Å². The van der Waals surface area contributed by atoms with Gasteiger partial charge in [0.15, 0.2) is 5.96 Å². The molecule has 4 rings (SSSR count). The number of furan rings is 1. The van der Waals surface area contributed by atoms with Crippen molar-refractivity contribution in [3.05, 3.63) is 53.0 Å². The molecule has 0 spiro atoms. The average molecular weight is 496 g/mol. The predicted octanol–water partition coefficient (Wildman–Crippen LogP) is 3.49. The second-order valence-corrected chi connectivity index (χ2v) is 7.30. The van der Waals surface area contributed by atoms with Crippen LogP contribution in [0.1, 0.15) is 35.1 Å². The molecule has 152 valence electrons. The summed E-state index contributed by atoms with van der Waals surface area (Å²) in [5, 5.41) is 3.24. The predicted molar refractivity (Wildman–Crippen MR) is 123 cm³/mol. The minimum absolute atomic E-state index is 0. The van der Waals surface area contributed by atoms with E-state index in [9.17, 15) is 0 Å². The van der Waals surface area contributed by atoms with E-state index < -0.39 is 0 Å². The van der Waals surface area contributed by atoms with Gasteiger partial charge in [0.2, 0.25) is 0 Å². The van der Waals surface area contributed by atoms with E-state index in [1.165, 1.54) is 24.0 Å². The molecule has 1 aromatic heterocycles. The third kappa shape index (κ3) is 5.07. The zero-order valence-corrected chi connectivity index (χ0v) is 18.6. The lowest BCUT2D eigenvalue weighted by Crippen LogP contribution is -2.40. The van der Waals surface area contributed by atoms with Gasteiger partial charge in [0.25, 0.3) is 0 Å². The Morgan fingerprint density at radius 3 is 2.71 bits per heavy atom. The maximum Gasteiger partial charge on any atom is 0.193 e. The van der Waals surface area contributed by atoms with Crippen molar-refractivity contribution >= 4 is 35.6 Å². The number of aliphatic imine (C=N–C) groups is 1. The molecule has 28 heavy (non-hydrogen) atoms. The van der Waals surface area contributed by atoms with Crippen molar-refractivity contribution in [1.82, 2.24) is 4.90 Å². The number of nitrogens with one attached hydrogen (secondary N) is 1. The van der Waals surface area contributed by atoms with Crippen molar-refractivity contribution < 1.29 is 9.15 Å². The zero-order chi connectivity index (χ0) is 18.6. The van der Waals surface area contributed by atoms with Crippen LogP contribution in [0, 0.1) is 6.92 Å². The molecule has 7 heteroatoms. The van der Waals surface area contributed by atoms with Crippen LogP contribution in [0.15, 0.2) is 39.7 Å². The lowest BCUT2D eigenvalue weighted by atomic mass is 10.1. The smallest absolute Gasteiger partial charge is 0.193 e. The fraction of sp³-hybridized carbons (Fsp3) is 0.476. The van der Waals surface area contributed by atoms with Crippen LogP contribution < -0.4 is 11.1 Å². The van der Waals surface area contributed by atoms with Gasteiger partial charge in [-0.05, 0) is 61.6 Å². The summed E-state index contributed by atoms with van der Waals surface area (Å²) in [5.74, 6) is 2.29. The Hall–Kier alpha value is -1.58. The first-order chi connectivity index (χ1) is 13.2. The Morgan fingerprint density at radius 1 is 1.18 bits per heavy atom. The van der Waals surface area contributed by atoms with Crippen LogP contribution >= 0.6 is 24.0 Å². The van der Waals surface area contributed by atoms with Crippen LogP contribution in [-0.4, -0.2) is 43.7 Å². The number of hydrogen-bond donors (Lipinski definition) is 2. The lowest BCUT2D eigenvalue weighted by Gasteiger charge is -2.32. The van der Waals surface area contributed by atoms with Gasteiger partial charge in [-0.1, -0.05) is 6.07 Å². The molecule has 3 N–H and O–H groups in total. The maximum absolute atomic E-state index is 6.18. The summed E-state index contributed by atoms with van der Waals surface area (Å²) >= 11 is 0. The molecule has 2 heterocycles. The van der Waals surface area contributed by atoms with Gasteiger partial charge >= 0.3 is 0 Å². The SMILES string of the molecule is Cc1ccc(C(CN=C(N)Nc2ccc3c(c2)CCC3)N2CCOCC2)o1.I. The van der Waals surface area contributed by atoms with Gasteiger partial charge < -0.3 is 20.2 Å². The molecule has 2 aliphatic rings. The first kappa shape index (κ1) is 21.1. The molecule has 2 aromatic rings. The lowest BCUT2D eigenvalue weighted by molar-refractivity contribution is 0.0135. The van der Waals surface area contributed by atoms with Gasteiger partial charge in [-0.3, -0.25) is 9.89 Å². The number of nitrogens with two attached hydrogens (primary N) is 1. The summed E-state index contributed by atoms with van der Waals surface area (Å²) in [6.07, 6.45) is 3.58. The van der Waals surface area contributed by atoms with E-state index in [2.05, 4.69) is 33.4 Å². The number of hydrogen-bond acceptors (Lipinski definition) is 4. The highest BCUT2D eigenvalue weighted by Crippen LogP contribution is 2.26. The summed E-state index contributed by atoms with van der Waals surface area (Å²) in [4.78, 5) is 6.97. The van der Waals surface area contributed by atoms with Crippen LogP contribution in [0.3, 0.4) is 0 Å². The number of aryl methyl sites for hydroxylation is 3. The molecule has 1 aromatic carbocycles. The number of benzene rings is 1. The summed E-state index contributed by atoms with van der Waals surface area (Å²) in [5.41, 5.74) is 10.1. The highest BCUT2D eigenvalue weighted by atomic mass is 127. The van der Waals surface area contributed by atoms with Crippen LogP contribution in [0.5, 0.6) is 0 Å². The number of anilines is 1. The molecule has 1 aliphatic heterocycles. The maximum atomic E-state index is 6.18. The van der Waals surface area contributed by atoms with E-state index in [1.54, 1.807) is 0 Å². The monoisotopic (exact) mass is 496 g/mol. The molecule has 1 atom stereocenters. The summed E-state index contributed by atoms with van der Waals surface area (Å²) in [7, 11) is 0. The van der Waals surface area contributed by atoms with E-state index in [0.29, 0.717) is 12.5 Å². The number of halogens is 1. The van der Waals surface area contributed by atoms with Gasteiger partial charge in [-0.25, -0.2) is 0 Å². The van der Waals surface area contributed by atoms with Crippen molar-refractivity contribution in [3.8, 4) is 0 Å². The molecule has 0 saturated carbocycles. The Kier molecular flexibility index (Phi) is 7.36.